The number of nitrogens with zero attached hydrogens (tertiary/aromatic N) is 3. The highest BCUT2D eigenvalue weighted by molar-refractivity contribution is 7.14. The first-order chi connectivity index (χ1) is 11.7. The topological polar surface area (TPSA) is 85.0 Å². The second-order valence-electron chi connectivity index (χ2n) is 5.82. The van der Waals surface area contributed by atoms with E-state index in [9.17, 15) is 4.79 Å². The van der Waals surface area contributed by atoms with E-state index in [0.29, 0.717) is 17.4 Å². The van der Waals surface area contributed by atoms with Crippen LogP contribution in [0.5, 0.6) is 0 Å². The highest BCUT2D eigenvalue weighted by Gasteiger charge is 2.35. The Morgan fingerprint density at radius 1 is 1.48 bits per heavy atom. The summed E-state index contributed by atoms with van der Waals surface area (Å²) >= 11 is 1.40. The van der Waals surface area contributed by atoms with Gasteiger partial charge in [-0.3, -0.25) is 9.48 Å². The van der Waals surface area contributed by atoms with Gasteiger partial charge in [0.1, 0.15) is 5.69 Å². The molecule has 1 amide bonds. The van der Waals surface area contributed by atoms with E-state index in [2.05, 4.69) is 20.7 Å². The first-order valence-electron chi connectivity index (χ1n) is 7.70. The monoisotopic (exact) mass is 379 g/mol. The standard InChI is InChI=1S/C16H17N5O2S.ClH/c1-21-8-10(5-18-21)11-6-17-7-12(11)15(22)20-16-19-13(9-24-16)14-3-2-4-23-14;/h2-5,8-9,11-12,17H,6-7H2,1H3,(H,19,20,22);1H/t11-,12+;/m1./s1. The van der Waals surface area contributed by atoms with Gasteiger partial charge in [0, 0.05) is 37.6 Å². The Kier molecular flexibility index (Phi) is 5.22. The molecule has 1 aliphatic rings. The summed E-state index contributed by atoms with van der Waals surface area (Å²) in [7, 11) is 1.88. The lowest BCUT2D eigenvalue weighted by atomic mass is 9.90. The lowest BCUT2D eigenvalue weighted by Gasteiger charge is -2.15. The molecule has 1 saturated heterocycles. The molecule has 2 N–H and O–H groups in total. The van der Waals surface area contributed by atoms with Gasteiger partial charge in [-0.15, -0.1) is 23.7 Å². The predicted octanol–water partition coefficient (Wildman–Crippen LogP) is 2.50. The molecule has 4 heterocycles. The molecule has 1 aliphatic heterocycles. The minimum Gasteiger partial charge on any atom is -0.463 e. The third-order valence-corrected chi connectivity index (χ3v) is 4.97. The summed E-state index contributed by atoms with van der Waals surface area (Å²) in [4.78, 5) is 17.1. The molecule has 0 aliphatic carbocycles. The van der Waals surface area contributed by atoms with Gasteiger partial charge in [-0.1, -0.05) is 0 Å². The van der Waals surface area contributed by atoms with Gasteiger partial charge in [0.05, 0.1) is 18.4 Å². The molecule has 1 fully saturated rings. The van der Waals surface area contributed by atoms with Crippen LogP contribution in [0.25, 0.3) is 11.5 Å². The van der Waals surface area contributed by atoms with Crippen molar-refractivity contribution in [2.45, 2.75) is 5.92 Å². The second-order valence-corrected chi connectivity index (χ2v) is 6.68. The molecule has 0 radical (unpaired) electrons. The number of rotatable bonds is 4. The summed E-state index contributed by atoms with van der Waals surface area (Å²) in [6.45, 7) is 1.43. The largest absolute Gasteiger partial charge is 0.463 e. The number of carbonyl (C=O) groups is 1. The van der Waals surface area contributed by atoms with Gasteiger partial charge in [-0.2, -0.15) is 5.10 Å². The summed E-state index contributed by atoms with van der Waals surface area (Å²) in [5, 5.41) is 12.9. The van der Waals surface area contributed by atoms with Crippen LogP contribution in [-0.2, 0) is 11.8 Å². The molecule has 7 nitrogen and oxygen atoms in total. The summed E-state index contributed by atoms with van der Waals surface area (Å²) in [5.41, 5.74) is 1.81. The fraction of sp³-hybridized carbons (Fsp3) is 0.312. The number of anilines is 1. The molecule has 2 atom stereocenters. The first-order valence-corrected chi connectivity index (χ1v) is 8.58. The number of furan rings is 1. The van der Waals surface area contributed by atoms with E-state index < -0.39 is 0 Å². The fourth-order valence-electron chi connectivity index (χ4n) is 3.00. The Bertz CT molecular complexity index is 844. The van der Waals surface area contributed by atoms with Gasteiger partial charge in [0.25, 0.3) is 0 Å². The Hall–Kier alpha value is -2.16. The molecule has 0 saturated carbocycles. The number of amides is 1. The van der Waals surface area contributed by atoms with Crippen molar-refractivity contribution in [3.05, 3.63) is 41.7 Å². The molecule has 3 aromatic rings. The van der Waals surface area contributed by atoms with Gasteiger partial charge in [0.15, 0.2) is 10.9 Å². The molecular formula is C16H18ClN5O2S. The number of nitrogens with one attached hydrogen (secondary N) is 2. The molecule has 4 rings (SSSR count). The van der Waals surface area contributed by atoms with Crippen LogP contribution in [0.15, 0.2) is 40.6 Å². The van der Waals surface area contributed by atoms with Crippen molar-refractivity contribution < 1.29 is 9.21 Å². The van der Waals surface area contributed by atoms with Crippen LogP contribution in [0.4, 0.5) is 5.13 Å². The van der Waals surface area contributed by atoms with Crippen LogP contribution in [-0.4, -0.2) is 33.8 Å². The van der Waals surface area contributed by atoms with E-state index in [4.69, 9.17) is 4.42 Å². The summed E-state index contributed by atoms with van der Waals surface area (Å²) < 4.78 is 7.09. The summed E-state index contributed by atoms with van der Waals surface area (Å²) in [5.74, 6) is 0.671. The molecular weight excluding hydrogens is 362 g/mol. The fourth-order valence-corrected chi connectivity index (χ4v) is 3.71. The SMILES string of the molecule is Cl.Cn1cc([C@H]2CNC[C@@H]2C(=O)Nc2nc(-c3ccco3)cs2)cn1. The van der Waals surface area contributed by atoms with Crippen LogP contribution in [0.2, 0.25) is 0 Å². The van der Waals surface area contributed by atoms with Crippen molar-refractivity contribution in [2.24, 2.45) is 13.0 Å². The average molecular weight is 380 g/mol. The number of aromatic nitrogens is 3. The molecule has 0 spiro atoms. The minimum atomic E-state index is -0.134. The molecule has 0 bridgehead atoms. The number of thiazole rings is 1. The molecule has 0 unspecified atom stereocenters. The van der Waals surface area contributed by atoms with Crippen molar-refractivity contribution in [3.8, 4) is 11.5 Å². The quantitative estimate of drug-likeness (QED) is 0.727. The van der Waals surface area contributed by atoms with Gasteiger partial charge < -0.3 is 15.1 Å². The molecule has 3 aromatic heterocycles. The Morgan fingerprint density at radius 2 is 2.36 bits per heavy atom. The molecule has 132 valence electrons. The van der Waals surface area contributed by atoms with E-state index in [1.165, 1.54) is 11.3 Å². The number of halogens is 1. The van der Waals surface area contributed by atoms with Crippen LogP contribution in [0.1, 0.15) is 11.5 Å². The van der Waals surface area contributed by atoms with Crippen LogP contribution in [0.3, 0.4) is 0 Å². The minimum absolute atomic E-state index is 0. The maximum atomic E-state index is 12.7. The average Bonchev–Trinajstić information content (AvgIpc) is 3.34. The Balaban J connectivity index is 0.00000182. The lowest BCUT2D eigenvalue weighted by molar-refractivity contribution is -0.119. The molecule has 9 heteroatoms. The molecule has 0 aromatic carbocycles. The molecule has 25 heavy (non-hydrogen) atoms. The predicted molar refractivity (Wildman–Crippen MR) is 98.0 cm³/mol. The van der Waals surface area contributed by atoms with E-state index in [-0.39, 0.29) is 30.2 Å². The number of carbonyl (C=O) groups excluding carboxylic acids is 1. The third kappa shape index (κ3) is 3.60. The van der Waals surface area contributed by atoms with Crippen LogP contribution >= 0.6 is 23.7 Å². The van der Waals surface area contributed by atoms with Crippen LogP contribution in [0, 0.1) is 5.92 Å². The van der Waals surface area contributed by atoms with Gasteiger partial charge in [-0.25, -0.2) is 4.98 Å². The van der Waals surface area contributed by atoms with E-state index in [1.54, 1.807) is 10.9 Å². The van der Waals surface area contributed by atoms with Gasteiger partial charge >= 0.3 is 0 Å². The zero-order valence-corrected chi connectivity index (χ0v) is 15.1. The first kappa shape index (κ1) is 17.7. The zero-order chi connectivity index (χ0) is 16.5. The maximum absolute atomic E-state index is 12.7. The Morgan fingerprint density at radius 3 is 3.08 bits per heavy atom. The summed E-state index contributed by atoms with van der Waals surface area (Å²) in [6.07, 6.45) is 5.41. The highest BCUT2D eigenvalue weighted by atomic mass is 35.5. The second kappa shape index (κ2) is 7.38. The Labute approximate surface area is 154 Å². The summed E-state index contributed by atoms with van der Waals surface area (Å²) in [6, 6.07) is 3.66. The maximum Gasteiger partial charge on any atom is 0.231 e. The van der Waals surface area contributed by atoms with Crippen LogP contribution < -0.4 is 10.6 Å². The highest BCUT2D eigenvalue weighted by Crippen LogP contribution is 2.30. The number of hydrogen-bond acceptors (Lipinski definition) is 6. The smallest absolute Gasteiger partial charge is 0.231 e. The van der Waals surface area contributed by atoms with Crippen molar-refractivity contribution in [1.29, 1.82) is 0 Å². The van der Waals surface area contributed by atoms with Crippen molar-refractivity contribution in [3.63, 3.8) is 0 Å². The van der Waals surface area contributed by atoms with E-state index >= 15 is 0 Å². The van der Waals surface area contributed by atoms with E-state index in [0.717, 1.165) is 17.8 Å². The third-order valence-electron chi connectivity index (χ3n) is 4.21. The normalized spacial score (nSPS) is 19.6. The van der Waals surface area contributed by atoms with Gasteiger partial charge in [-0.05, 0) is 17.7 Å². The number of aryl methyl sites for hydroxylation is 1. The number of hydrogen-bond donors (Lipinski definition) is 2. The van der Waals surface area contributed by atoms with Crippen molar-refractivity contribution >= 4 is 34.8 Å². The lowest BCUT2D eigenvalue weighted by Crippen LogP contribution is -2.28. The zero-order valence-electron chi connectivity index (χ0n) is 13.5. The van der Waals surface area contributed by atoms with E-state index in [1.807, 2.05) is 37.0 Å². The van der Waals surface area contributed by atoms with Crippen molar-refractivity contribution in [1.82, 2.24) is 20.1 Å². The van der Waals surface area contributed by atoms with Crippen molar-refractivity contribution in [2.75, 3.05) is 18.4 Å². The van der Waals surface area contributed by atoms with Gasteiger partial charge in [0.2, 0.25) is 5.91 Å².